The molecule has 1 saturated carbocycles. The number of hydrogen-bond acceptors (Lipinski definition) is 4. The van der Waals surface area contributed by atoms with Gasteiger partial charge >= 0.3 is 12.5 Å². The normalized spacial score (nSPS) is 23.2. The van der Waals surface area contributed by atoms with Crippen molar-refractivity contribution in [1.29, 1.82) is 0 Å². The number of rotatable bonds is 7. The average molecular weight is 617 g/mol. The summed E-state index contributed by atoms with van der Waals surface area (Å²) in [6.07, 6.45) is -9.25. The average Bonchev–Trinajstić information content (AvgIpc) is 2.94. The maximum absolute atomic E-state index is 15.2. The Morgan fingerprint density at radius 1 is 0.721 bits per heavy atom. The van der Waals surface area contributed by atoms with Crippen LogP contribution < -0.4 is 9.47 Å². The third-order valence-electron chi connectivity index (χ3n) is 7.67. The van der Waals surface area contributed by atoms with E-state index in [1.165, 1.54) is 24.3 Å². The Labute approximate surface area is 242 Å². The zero-order valence-corrected chi connectivity index (χ0v) is 22.9. The molecule has 3 aromatic rings. The van der Waals surface area contributed by atoms with E-state index in [-0.39, 0.29) is 43.1 Å². The van der Waals surface area contributed by atoms with Crippen molar-refractivity contribution in [3.05, 3.63) is 83.2 Å². The minimum atomic E-state index is -5.15. The van der Waals surface area contributed by atoms with E-state index in [9.17, 15) is 30.7 Å². The first-order chi connectivity index (χ1) is 20.3. The summed E-state index contributed by atoms with van der Waals surface area (Å²) in [5, 5.41) is 0. The molecule has 43 heavy (non-hydrogen) atoms. The minimum absolute atomic E-state index is 0.0449. The summed E-state index contributed by atoms with van der Waals surface area (Å²) < 4.78 is 130. The first-order valence-electron chi connectivity index (χ1n) is 13.7. The number of benzene rings is 3. The SMILES string of the molecule is CC1COC(c2ccc(-c3ccc(C4CCC(C(F)(F)Oc5ccc(OC(F)(F)F)c(F)c5)CC4)c(F)c3)c(F)c2)OC1. The second-order valence-corrected chi connectivity index (χ2v) is 10.9. The fourth-order valence-corrected chi connectivity index (χ4v) is 5.46. The summed E-state index contributed by atoms with van der Waals surface area (Å²) in [4.78, 5) is 0. The Hall–Kier alpha value is -3.38. The number of hydrogen-bond donors (Lipinski definition) is 0. The Balaban J connectivity index is 1.20. The van der Waals surface area contributed by atoms with Crippen LogP contribution in [0.5, 0.6) is 11.5 Å². The number of halogens is 8. The quantitative estimate of drug-likeness (QED) is 0.248. The summed E-state index contributed by atoms with van der Waals surface area (Å²) in [6.45, 7) is 2.96. The van der Waals surface area contributed by atoms with E-state index >= 15 is 4.39 Å². The zero-order valence-electron chi connectivity index (χ0n) is 22.9. The fourth-order valence-electron chi connectivity index (χ4n) is 5.46. The second kappa shape index (κ2) is 12.3. The molecule has 1 saturated heterocycles. The van der Waals surface area contributed by atoms with Crippen LogP contribution in [0.4, 0.5) is 35.1 Å². The van der Waals surface area contributed by atoms with E-state index in [0.29, 0.717) is 42.0 Å². The van der Waals surface area contributed by atoms with Crippen molar-refractivity contribution in [2.75, 3.05) is 13.2 Å². The molecule has 3 aromatic carbocycles. The molecule has 1 aliphatic carbocycles. The summed E-state index contributed by atoms with van der Waals surface area (Å²) in [6, 6.07) is 10.5. The van der Waals surface area contributed by atoms with E-state index in [1.807, 2.05) is 6.92 Å². The smallest absolute Gasteiger partial charge is 0.432 e. The largest absolute Gasteiger partial charge is 0.573 e. The number of ether oxygens (including phenoxy) is 4. The van der Waals surface area contributed by atoms with Crippen molar-refractivity contribution < 1.29 is 54.1 Å². The third-order valence-corrected chi connectivity index (χ3v) is 7.67. The summed E-state index contributed by atoms with van der Waals surface area (Å²) in [5.74, 6) is -5.91. The fraction of sp³-hybridized carbons (Fsp3) is 0.419. The van der Waals surface area contributed by atoms with Gasteiger partial charge in [0.05, 0.1) is 19.1 Å². The minimum Gasteiger partial charge on any atom is -0.432 e. The molecular weight excluding hydrogens is 588 g/mol. The molecule has 0 atom stereocenters. The van der Waals surface area contributed by atoms with Crippen LogP contribution in [0.3, 0.4) is 0 Å². The van der Waals surface area contributed by atoms with Crippen LogP contribution in [0.2, 0.25) is 0 Å². The summed E-state index contributed by atoms with van der Waals surface area (Å²) in [5.41, 5.74) is 1.34. The van der Waals surface area contributed by atoms with Gasteiger partial charge in [0.15, 0.2) is 17.9 Å². The third kappa shape index (κ3) is 7.41. The van der Waals surface area contributed by atoms with Gasteiger partial charge in [-0.15, -0.1) is 13.2 Å². The van der Waals surface area contributed by atoms with Crippen LogP contribution in [-0.2, 0) is 9.47 Å². The van der Waals surface area contributed by atoms with Gasteiger partial charge in [-0.05, 0) is 67.0 Å². The van der Waals surface area contributed by atoms with E-state index < -0.39 is 53.6 Å². The van der Waals surface area contributed by atoms with Gasteiger partial charge in [-0.1, -0.05) is 31.2 Å². The molecule has 0 amide bonds. The Morgan fingerprint density at radius 3 is 2.02 bits per heavy atom. The highest BCUT2D eigenvalue weighted by atomic mass is 19.4. The highest BCUT2D eigenvalue weighted by Gasteiger charge is 2.44. The van der Waals surface area contributed by atoms with Gasteiger partial charge in [0.25, 0.3) is 0 Å². The van der Waals surface area contributed by atoms with Crippen molar-refractivity contribution >= 4 is 0 Å². The standard InChI is InChI=1S/C31H28F8O4/c1-17-15-40-29(41-16-17)20-5-10-24(26(33)13-20)19-4-9-23(25(32)12-19)18-2-6-21(7-3-18)30(35,36)42-22-8-11-28(27(34)14-22)43-31(37,38)39/h4-5,8-14,17-18,21,29H,2-3,6-7,15-16H2,1H3. The molecular formula is C31H28F8O4. The number of alkyl halides is 5. The lowest BCUT2D eigenvalue weighted by Crippen LogP contribution is -2.37. The summed E-state index contributed by atoms with van der Waals surface area (Å²) in [7, 11) is 0. The van der Waals surface area contributed by atoms with Gasteiger partial charge in [-0.25, -0.2) is 13.2 Å². The first kappa shape index (κ1) is 31.1. The van der Waals surface area contributed by atoms with Crippen molar-refractivity contribution in [3.8, 4) is 22.6 Å². The van der Waals surface area contributed by atoms with Gasteiger partial charge < -0.3 is 18.9 Å². The van der Waals surface area contributed by atoms with Gasteiger partial charge in [-0.2, -0.15) is 8.78 Å². The maximum Gasteiger partial charge on any atom is 0.573 e. The summed E-state index contributed by atoms with van der Waals surface area (Å²) >= 11 is 0. The second-order valence-electron chi connectivity index (χ2n) is 10.9. The molecule has 1 heterocycles. The topological polar surface area (TPSA) is 36.9 Å². The molecule has 0 N–H and O–H groups in total. The molecule has 2 fully saturated rings. The van der Waals surface area contributed by atoms with Crippen LogP contribution in [0.15, 0.2) is 54.6 Å². The first-order valence-corrected chi connectivity index (χ1v) is 13.7. The molecule has 12 heteroatoms. The van der Waals surface area contributed by atoms with Crippen molar-refractivity contribution in [3.63, 3.8) is 0 Å². The van der Waals surface area contributed by atoms with Gasteiger partial charge in [-0.3, -0.25) is 0 Å². The molecule has 0 unspecified atom stereocenters. The van der Waals surface area contributed by atoms with Crippen molar-refractivity contribution in [2.24, 2.45) is 11.8 Å². The van der Waals surface area contributed by atoms with Crippen molar-refractivity contribution in [2.45, 2.75) is 57.3 Å². The highest BCUT2D eigenvalue weighted by Crippen LogP contribution is 2.44. The molecule has 4 nitrogen and oxygen atoms in total. The molecule has 0 spiro atoms. The Kier molecular flexibility index (Phi) is 8.89. The van der Waals surface area contributed by atoms with Crippen LogP contribution in [0, 0.1) is 29.3 Å². The van der Waals surface area contributed by atoms with E-state index in [0.717, 1.165) is 6.07 Å². The van der Waals surface area contributed by atoms with Crippen molar-refractivity contribution in [1.82, 2.24) is 0 Å². The van der Waals surface area contributed by atoms with Gasteiger partial charge in [0, 0.05) is 23.1 Å². The van der Waals surface area contributed by atoms with Crippen LogP contribution >= 0.6 is 0 Å². The van der Waals surface area contributed by atoms with Gasteiger partial charge in [0.2, 0.25) is 0 Å². The predicted molar refractivity (Wildman–Crippen MR) is 139 cm³/mol. The monoisotopic (exact) mass is 616 g/mol. The van der Waals surface area contributed by atoms with E-state index in [2.05, 4.69) is 9.47 Å². The predicted octanol–water partition coefficient (Wildman–Crippen LogP) is 9.30. The molecule has 0 bridgehead atoms. The molecule has 0 aromatic heterocycles. The lowest BCUT2D eigenvalue weighted by molar-refractivity contribution is -0.275. The molecule has 2 aliphatic rings. The van der Waals surface area contributed by atoms with E-state index in [1.54, 1.807) is 12.1 Å². The Morgan fingerprint density at radius 2 is 1.42 bits per heavy atom. The van der Waals surface area contributed by atoms with Crippen LogP contribution in [-0.4, -0.2) is 25.7 Å². The van der Waals surface area contributed by atoms with Crippen LogP contribution in [0.25, 0.3) is 11.1 Å². The Bertz CT molecular complexity index is 1430. The molecule has 0 radical (unpaired) electrons. The van der Waals surface area contributed by atoms with Gasteiger partial charge in [0.1, 0.15) is 17.4 Å². The van der Waals surface area contributed by atoms with E-state index in [4.69, 9.17) is 9.47 Å². The molecule has 1 aliphatic heterocycles. The lowest BCUT2D eigenvalue weighted by Gasteiger charge is -2.33. The highest BCUT2D eigenvalue weighted by molar-refractivity contribution is 5.65. The lowest BCUT2D eigenvalue weighted by atomic mass is 9.77. The molecule has 5 rings (SSSR count). The molecule has 232 valence electrons. The maximum atomic E-state index is 15.2. The zero-order chi connectivity index (χ0) is 30.9. The van der Waals surface area contributed by atoms with Crippen LogP contribution in [0.1, 0.15) is 55.9 Å².